The summed E-state index contributed by atoms with van der Waals surface area (Å²) in [4.78, 5) is 37.4. The van der Waals surface area contributed by atoms with Crippen molar-refractivity contribution in [3.05, 3.63) is 137 Å². The Labute approximate surface area is 243 Å². The number of methoxy groups -OCH3 is 1. The van der Waals surface area contributed by atoms with Gasteiger partial charge in [0.15, 0.2) is 0 Å². The Hall–Kier alpha value is -5.44. The van der Waals surface area contributed by atoms with Crippen molar-refractivity contribution in [3.63, 3.8) is 0 Å². The number of anilines is 2. The van der Waals surface area contributed by atoms with E-state index in [2.05, 4.69) is 20.6 Å². The Morgan fingerprint density at radius 3 is 2.48 bits per heavy atom. The van der Waals surface area contributed by atoms with Gasteiger partial charge in [0, 0.05) is 43.1 Å². The number of fused-ring (bicyclic) bond motifs is 2. The van der Waals surface area contributed by atoms with Crippen LogP contribution >= 0.6 is 0 Å². The molecule has 210 valence electrons. The van der Waals surface area contributed by atoms with Crippen LogP contribution in [0.15, 0.2) is 104 Å². The molecule has 3 aromatic heterocycles. The number of benzene rings is 2. The molecule has 0 saturated carbocycles. The number of rotatable bonds is 8. The third-order valence-corrected chi connectivity index (χ3v) is 7.30. The van der Waals surface area contributed by atoms with Gasteiger partial charge in [0.2, 0.25) is 0 Å². The summed E-state index contributed by atoms with van der Waals surface area (Å²) >= 11 is 0. The van der Waals surface area contributed by atoms with Crippen LogP contribution in [0.4, 0.5) is 11.5 Å². The average Bonchev–Trinajstić information content (AvgIpc) is 3.36. The van der Waals surface area contributed by atoms with Gasteiger partial charge in [0.1, 0.15) is 17.3 Å². The lowest BCUT2D eigenvalue weighted by atomic mass is 10.1. The summed E-state index contributed by atoms with van der Waals surface area (Å²) in [7, 11) is 1.64. The number of hydrogen-bond donors (Lipinski definition) is 2. The van der Waals surface area contributed by atoms with Crippen molar-refractivity contribution in [3.8, 4) is 5.75 Å². The number of carbonyl (C=O) groups excluding carboxylic acids is 2. The van der Waals surface area contributed by atoms with E-state index in [0.717, 1.165) is 33.8 Å². The predicted molar refractivity (Wildman–Crippen MR) is 160 cm³/mol. The van der Waals surface area contributed by atoms with Crippen LogP contribution in [0.25, 0.3) is 0 Å². The second-order valence-electron chi connectivity index (χ2n) is 9.99. The van der Waals surface area contributed by atoms with Gasteiger partial charge in [-0.15, -0.1) is 0 Å². The van der Waals surface area contributed by atoms with Crippen molar-refractivity contribution in [2.75, 3.05) is 17.3 Å². The first-order chi connectivity index (χ1) is 20.6. The molecule has 5 aromatic rings. The molecular weight excluding hydrogens is 528 g/mol. The summed E-state index contributed by atoms with van der Waals surface area (Å²) in [5.41, 5.74) is 5.68. The molecule has 9 heteroatoms. The van der Waals surface area contributed by atoms with Gasteiger partial charge in [-0.05, 0) is 65.2 Å². The number of aromatic nitrogens is 3. The summed E-state index contributed by atoms with van der Waals surface area (Å²) in [6, 6.07) is 26.7. The zero-order valence-corrected chi connectivity index (χ0v) is 23.2. The highest BCUT2D eigenvalue weighted by Crippen LogP contribution is 2.30. The molecule has 2 amide bonds. The van der Waals surface area contributed by atoms with E-state index in [1.54, 1.807) is 36.7 Å². The maximum absolute atomic E-state index is 13.8. The highest BCUT2D eigenvalue weighted by molar-refractivity contribution is 6.06. The van der Waals surface area contributed by atoms with Crippen molar-refractivity contribution in [1.82, 2.24) is 19.9 Å². The van der Waals surface area contributed by atoms with E-state index in [9.17, 15) is 9.59 Å². The number of nitrogens with one attached hydrogen (secondary N) is 2. The van der Waals surface area contributed by atoms with E-state index < -0.39 is 0 Å². The van der Waals surface area contributed by atoms with E-state index in [0.29, 0.717) is 43.3 Å². The average molecular weight is 559 g/mol. The van der Waals surface area contributed by atoms with Crippen molar-refractivity contribution in [1.29, 1.82) is 0 Å². The second-order valence-corrected chi connectivity index (χ2v) is 9.99. The summed E-state index contributed by atoms with van der Waals surface area (Å²) in [5.74, 6) is 1.15. The number of ether oxygens (including phenoxy) is 1. The number of carbonyl (C=O) groups is 2. The van der Waals surface area contributed by atoms with E-state index in [4.69, 9.17) is 4.74 Å². The molecular formula is C33H30N6O3. The quantitative estimate of drug-likeness (QED) is 0.277. The van der Waals surface area contributed by atoms with Gasteiger partial charge in [-0.1, -0.05) is 36.4 Å². The highest BCUT2D eigenvalue weighted by Gasteiger charge is 2.27. The zero-order valence-electron chi connectivity index (χ0n) is 23.2. The van der Waals surface area contributed by atoms with Crippen LogP contribution in [0.3, 0.4) is 0 Å². The fourth-order valence-electron chi connectivity index (χ4n) is 5.03. The van der Waals surface area contributed by atoms with Gasteiger partial charge in [-0.2, -0.15) is 0 Å². The Balaban J connectivity index is 1.19. The number of nitrogens with zero attached hydrogens (tertiary/aromatic N) is 4. The lowest BCUT2D eigenvalue weighted by Crippen LogP contribution is -2.31. The molecule has 0 radical (unpaired) electrons. The normalized spacial score (nSPS) is 12.1. The van der Waals surface area contributed by atoms with Gasteiger partial charge in [0.25, 0.3) is 11.8 Å². The van der Waals surface area contributed by atoms with Crippen LogP contribution in [0.1, 0.15) is 43.2 Å². The smallest absolute Gasteiger partial charge is 0.268 e. The molecule has 0 atom stereocenters. The fourth-order valence-corrected chi connectivity index (χ4v) is 5.03. The lowest BCUT2D eigenvalue weighted by molar-refractivity contribution is 0.0941. The van der Waals surface area contributed by atoms with E-state index in [-0.39, 0.29) is 11.8 Å². The summed E-state index contributed by atoms with van der Waals surface area (Å²) < 4.78 is 7.20. The Bertz CT molecular complexity index is 1700. The Kier molecular flexibility index (Phi) is 7.63. The van der Waals surface area contributed by atoms with E-state index in [1.165, 1.54) is 0 Å². The van der Waals surface area contributed by atoms with E-state index in [1.807, 2.05) is 83.4 Å². The van der Waals surface area contributed by atoms with Crippen molar-refractivity contribution in [2.45, 2.75) is 26.2 Å². The molecule has 1 aliphatic heterocycles. The molecule has 0 unspecified atom stereocenters. The van der Waals surface area contributed by atoms with Crippen LogP contribution in [-0.2, 0) is 26.2 Å². The zero-order chi connectivity index (χ0) is 28.9. The SMILES string of the molecule is COc1ccc(CNc2ccc(C(=O)N3Cc4ccc(C(=O)NCc5cccnc5)n4Cc4ccccc43)cn2)cc1. The molecule has 42 heavy (non-hydrogen) atoms. The lowest BCUT2D eigenvalue weighted by Gasteiger charge is -2.22. The van der Waals surface area contributed by atoms with Gasteiger partial charge >= 0.3 is 0 Å². The maximum Gasteiger partial charge on any atom is 0.268 e. The number of hydrogen-bond acceptors (Lipinski definition) is 6. The predicted octanol–water partition coefficient (Wildman–Crippen LogP) is 5.04. The molecule has 0 aliphatic carbocycles. The first kappa shape index (κ1) is 26.8. The second kappa shape index (κ2) is 12.0. The number of amides is 2. The highest BCUT2D eigenvalue weighted by atomic mass is 16.5. The van der Waals surface area contributed by atoms with Gasteiger partial charge < -0.3 is 24.8 Å². The molecule has 1 aliphatic rings. The molecule has 0 bridgehead atoms. The Morgan fingerprint density at radius 2 is 1.71 bits per heavy atom. The van der Waals surface area contributed by atoms with Gasteiger partial charge in [0.05, 0.1) is 25.8 Å². The molecule has 0 saturated heterocycles. The molecule has 9 nitrogen and oxygen atoms in total. The standard InChI is InChI=1S/C33H30N6O3/c1-42-28-12-8-23(9-13-28)18-35-31-15-10-25(20-36-31)33(41)39-22-27-11-14-30(32(40)37-19-24-5-4-16-34-17-24)38(27)21-26-6-2-3-7-29(26)39/h2-17,20H,18-19,21-22H2,1H3,(H,35,36)(H,37,40). The molecule has 0 spiro atoms. The summed E-state index contributed by atoms with van der Waals surface area (Å²) in [6.45, 7) is 1.78. The summed E-state index contributed by atoms with van der Waals surface area (Å²) in [6.07, 6.45) is 5.04. The summed E-state index contributed by atoms with van der Waals surface area (Å²) in [5, 5.41) is 6.28. The number of para-hydroxylation sites is 1. The fraction of sp³-hybridized carbons (Fsp3) is 0.152. The topological polar surface area (TPSA) is 101 Å². The van der Waals surface area contributed by atoms with Crippen molar-refractivity contribution >= 4 is 23.3 Å². The molecule has 6 rings (SSSR count). The first-order valence-corrected chi connectivity index (χ1v) is 13.7. The molecule has 2 N–H and O–H groups in total. The van der Waals surface area contributed by atoms with Crippen molar-refractivity contribution < 1.29 is 14.3 Å². The van der Waals surface area contributed by atoms with Gasteiger partial charge in [-0.3, -0.25) is 14.6 Å². The minimum atomic E-state index is -0.177. The van der Waals surface area contributed by atoms with Crippen LogP contribution in [0.5, 0.6) is 5.75 Å². The third kappa shape index (κ3) is 5.71. The van der Waals surface area contributed by atoms with Crippen LogP contribution in [0, 0.1) is 0 Å². The third-order valence-electron chi connectivity index (χ3n) is 7.30. The minimum absolute atomic E-state index is 0.158. The maximum atomic E-state index is 13.8. The monoisotopic (exact) mass is 558 g/mol. The first-order valence-electron chi connectivity index (χ1n) is 13.7. The van der Waals surface area contributed by atoms with Gasteiger partial charge in [-0.25, -0.2) is 4.98 Å². The minimum Gasteiger partial charge on any atom is -0.497 e. The molecule has 2 aromatic carbocycles. The van der Waals surface area contributed by atoms with Crippen LogP contribution in [-0.4, -0.2) is 33.5 Å². The van der Waals surface area contributed by atoms with Crippen molar-refractivity contribution in [2.24, 2.45) is 0 Å². The molecule has 0 fully saturated rings. The molecule has 4 heterocycles. The van der Waals surface area contributed by atoms with E-state index >= 15 is 0 Å². The van der Waals surface area contributed by atoms with Crippen LogP contribution in [0.2, 0.25) is 0 Å². The Morgan fingerprint density at radius 1 is 0.857 bits per heavy atom. The van der Waals surface area contributed by atoms with Crippen LogP contribution < -0.4 is 20.3 Å². The number of pyridine rings is 2. The largest absolute Gasteiger partial charge is 0.497 e.